The van der Waals surface area contributed by atoms with E-state index in [1.54, 1.807) is 19.0 Å². The van der Waals surface area contributed by atoms with Crippen LogP contribution in [0.1, 0.15) is 52.0 Å². The van der Waals surface area contributed by atoms with Gasteiger partial charge in [-0.2, -0.15) is 0 Å². The summed E-state index contributed by atoms with van der Waals surface area (Å²) in [5.74, 6) is 0.610. The zero-order valence-electron chi connectivity index (χ0n) is 20.1. The first kappa shape index (κ1) is 25.5. The summed E-state index contributed by atoms with van der Waals surface area (Å²) in [6.45, 7) is 6.41. The lowest BCUT2D eigenvalue weighted by Crippen LogP contribution is -2.48. The molecule has 1 aliphatic rings. The molecular formula is C24H39N5O3. The molecule has 1 aromatic carbocycles. The molecule has 0 bridgehead atoms. The van der Waals surface area contributed by atoms with Gasteiger partial charge in [-0.25, -0.2) is 9.79 Å². The second-order valence-corrected chi connectivity index (χ2v) is 9.45. The second-order valence-electron chi connectivity index (χ2n) is 9.45. The van der Waals surface area contributed by atoms with Crippen LogP contribution in [0, 0.1) is 0 Å². The Hall–Kier alpha value is -2.77. The van der Waals surface area contributed by atoms with Crippen LogP contribution in [0.2, 0.25) is 0 Å². The first-order valence-electron chi connectivity index (χ1n) is 11.4. The van der Waals surface area contributed by atoms with Gasteiger partial charge in [0.1, 0.15) is 12.1 Å². The van der Waals surface area contributed by atoms with Crippen LogP contribution >= 0.6 is 0 Å². The van der Waals surface area contributed by atoms with E-state index in [9.17, 15) is 9.59 Å². The monoisotopic (exact) mass is 445 g/mol. The molecule has 0 saturated heterocycles. The molecular weight excluding hydrogens is 406 g/mol. The third-order valence-electron chi connectivity index (χ3n) is 5.21. The Morgan fingerprint density at radius 1 is 1.03 bits per heavy atom. The maximum atomic E-state index is 12.0. The first-order valence-corrected chi connectivity index (χ1v) is 11.4. The van der Waals surface area contributed by atoms with E-state index in [1.165, 1.54) is 5.56 Å². The minimum absolute atomic E-state index is 0.0422. The number of hydrogen-bond acceptors (Lipinski definition) is 4. The molecule has 0 heterocycles. The predicted octanol–water partition coefficient (Wildman–Crippen LogP) is 2.69. The SMILES string of the molecule is CN(C)C(=O)CN=C(NCCc1ccccc1)NC1CCC(NC(=O)OC(C)(C)C)CC1. The van der Waals surface area contributed by atoms with Crippen molar-refractivity contribution >= 4 is 18.0 Å². The van der Waals surface area contributed by atoms with Gasteiger partial charge in [-0.05, 0) is 58.4 Å². The van der Waals surface area contributed by atoms with E-state index >= 15 is 0 Å². The average molecular weight is 446 g/mol. The highest BCUT2D eigenvalue weighted by atomic mass is 16.6. The Balaban J connectivity index is 1.85. The summed E-state index contributed by atoms with van der Waals surface area (Å²) in [5, 5.41) is 9.80. The fraction of sp³-hybridized carbons (Fsp3) is 0.625. The number of carbonyl (C=O) groups is 2. The van der Waals surface area contributed by atoms with Gasteiger partial charge < -0.3 is 25.6 Å². The van der Waals surface area contributed by atoms with Crippen molar-refractivity contribution in [1.29, 1.82) is 0 Å². The van der Waals surface area contributed by atoms with Crippen molar-refractivity contribution in [3.05, 3.63) is 35.9 Å². The zero-order chi connectivity index (χ0) is 23.6. The fourth-order valence-electron chi connectivity index (χ4n) is 3.46. The fourth-order valence-corrected chi connectivity index (χ4v) is 3.46. The van der Waals surface area contributed by atoms with Crippen molar-refractivity contribution in [3.63, 3.8) is 0 Å². The van der Waals surface area contributed by atoms with Crippen LogP contribution in [0.4, 0.5) is 4.79 Å². The van der Waals surface area contributed by atoms with Crippen molar-refractivity contribution in [3.8, 4) is 0 Å². The summed E-state index contributed by atoms with van der Waals surface area (Å²) in [4.78, 5) is 30.0. The topological polar surface area (TPSA) is 95.1 Å². The summed E-state index contributed by atoms with van der Waals surface area (Å²) < 4.78 is 5.36. The average Bonchev–Trinajstić information content (AvgIpc) is 2.72. The largest absolute Gasteiger partial charge is 0.444 e. The lowest BCUT2D eigenvalue weighted by atomic mass is 9.91. The van der Waals surface area contributed by atoms with Gasteiger partial charge in [0.05, 0.1) is 0 Å². The highest BCUT2D eigenvalue weighted by Gasteiger charge is 2.25. The summed E-state index contributed by atoms with van der Waals surface area (Å²) in [7, 11) is 3.46. The van der Waals surface area contributed by atoms with E-state index in [4.69, 9.17) is 4.74 Å². The number of nitrogens with zero attached hydrogens (tertiary/aromatic N) is 2. The van der Waals surface area contributed by atoms with Gasteiger partial charge in [0.2, 0.25) is 5.91 Å². The van der Waals surface area contributed by atoms with Gasteiger partial charge in [0, 0.05) is 32.7 Å². The van der Waals surface area contributed by atoms with Crippen LogP contribution in [0.5, 0.6) is 0 Å². The van der Waals surface area contributed by atoms with Crippen LogP contribution in [0.15, 0.2) is 35.3 Å². The lowest BCUT2D eigenvalue weighted by Gasteiger charge is -2.31. The van der Waals surface area contributed by atoms with E-state index in [0.29, 0.717) is 5.96 Å². The molecule has 1 saturated carbocycles. The summed E-state index contributed by atoms with van der Waals surface area (Å²) in [6.07, 6.45) is 4.05. The highest BCUT2D eigenvalue weighted by molar-refractivity contribution is 5.85. The maximum Gasteiger partial charge on any atom is 0.407 e. The molecule has 1 aliphatic carbocycles. The Morgan fingerprint density at radius 2 is 1.62 bits per heavy atom. The smallest absolute Gasteiger partial charge is 0.407 e. The Morgan fingerprint density at radius 3 is 2.19 bits per heavy atom. The summed E-state index contributed by atoms with van der Waals surface area (Å²) >= 11 is 0. The molecule has 1 fully saturated rings. The molecule has 0 radical (unpaired) electrons. The molecule has 178 valence electrons. The number of ether oxygens (including phenoxy) is 1. The quantitative estimate of drug-likeness (QED) is 0.443. The van der Waals surface area contributed by atoms with Crippen molar-refractivity contribution in [2.75, 3.05) is 27.2 Å². The van der Waals surface area contributed by atoms with Crippen molar-refractivity contribution < 1.29 is 14.3 Å². The van der Waals surface area contributed by atoms with E-state index in [2.05, 4.69) is 33.1 Å². The Labute approximate surface area is 192 Å². The molecule has 3 N–H and O–H groups in total. The van der Waals surface area contributed by atoms with Crippen LogP contribution in [-0.4, -0.2) is 67.7 Å². The summed E-state index contributed by atoms with van der Waals surface area (Å²) in [5.41, 5.74) is 0.751. The van der Waals surface area contributed by atoms with Gasteiger partial charge >= 0.3 is 6.09 Å². The van der Waals surface area contributed by atoms with Gasteiger partial charge in [0.25, 0.3) is 0 Å². The van der Waals surface area contributed by atoms with Gasteiger partial charge in [-0.15, -0.1) is 0 Å². The van der Waals surface area contributed by atoms with Crippen molar-refractivity contribution in [2.24, 2.45) is 4.99 Å². The first-order chi connectivity index (χ1) is 15.1. The highest BCUT2D eigenvalue weighted by Crippen LogP contribution is 2.19. The normalized spacial score (nSPS) is 19.1. The van der Waals surface area contributed by atoms with Crippen molar-refractivity contribution in [1.82, 2.24) is 20.9 Å². The lowest BCUT2D eigenvalue weighted by molar-refractivity contribution is -0.127. The van der Waals surface area contributed by atoms with E-state index in [-0.39, 0.29) is 30.6 Å². The second kappa shape index (κ2) is 12.3. The minimum Gasteiger partial charge on any atom is -0.444 e. The number of likely N-dealkylation sites (N-methyl/N-ethyl adjacent to an activating group) is 1. The third kappa shape index (κ3) is 10.0. The van der Waals surface area contributed by atoms with Crippen LogP contribution < -0.4 is 16.0 Å². The standard InChI is InChI=1S/C24H39N5O3/c1-24(2,3)32-23(31)28-20-13-11-19(12-14-20)27-22(26-17-21(30)29(4)5)25-16-15-18-9-7-6-8-10-18/h6-10,19-20H,11-17H2,1-5H3,(H,28,31)(H2,25,26,27). The molecule has 0 aliphatic heterocycles. The summed E-state index contributed by atoms with van der Waals surface area (Å²) in [6, 6.07) is 10.6. The number of rotatable bonds is 7. The van der Waals surface area contributed by atoms with Crippen molar-refractivity contribution in [2.45, 2.75) is 70.6 Å². The molecule has 2 rings (SSSR count). The molecule has 1 aromatic rings. The van der Waals surface area contributed by atoms with E-state index in [1.807, 2.05) is 39.0 Å². The molecule has 8 nitrogen and oxygen atoms in total. The Bertz CT molecular complexity index is 751. The number of carbonyl (C=O) groups excluding carboxylic acids is 2. The number of guanidine groups is 1. The number of nitrogens with one attached hydrogen (secondary N) is 3. The van der Waals surface area contributed by atoms with Gasteiger partial charge in [0.15, 0.2) is 5.96 Å². The van der Waals surface area contributed by atoms with E-state index < -0.39 is 5.60 Å². The molecule has 0 unspecified atom stereocenters. The zero-order valence-corrected chi connectivity index (χ0v) is 20.1. The van der Waals surface area contributed by atoms with Gasteiger partial charge in [-0.1, -0.05) is 30.3 Å². The molecule has 0 aromatic heterocycles. The van der Waals surface area contributed by atoms with Crippen LogP contribution in [-0.2, 0) is 16.0 Å². The van der Waals surface area contributed by atoms with Crippen LogP contribution in [0.3, 0.4) is 0 Å². The minimum atomic E-state index is -0.496. The Kier molecular flexibility index (Phi) is 9.81. The third-order valence-corrected chi connectivity index (χ3v) is 5.21. The predicted molar refractivity (Wildman–Crippen MR) is 128 cm³/mol. The number of alkyl carbamates (subject to hydrolysis) is 1. The number of hydrogen-bond donors (Lipinski definition) is 3. The molecule has 2 amide bonds. The molecule has 0 spiro atoms. The molecule has 0 atom stereocenters. The van der Waals surface area contributed by atoms with E-state index in [0.717, 1.165) is 38.6 Å². The molecule has 8 heteroatoms. The van der Waals surface area contributed by atoms with Gasteiger partial charge in [-0.3, -0.25) is 4.79 Å². The molecule has 32 heavy (non-hydrogen) atoms. The maximum absolute atomic E-state index is 12.0. The number of benzene rings is 1. The number of amides is 2. The number of aliphatic imine (C=N–C) groups is 1. The van der Waals surface area contributed by atoms with Crippen LogP contribution in [0.25, 0.3) is 0 Å².